The molecule has 0 spiro atoms. The molecule has 2 aromatic carbocycles. The molecule has 3 rings (SSSR count). The van der Waals surface area contributed by atoms with E-state index in [0.717, 1.165) is 30.5 Å². The van der Waals surface area contributed by atoms with Gasteiger partial charge in [0.15, 0.2) is 0 Å². The summed E-state index contributed by atoms with van der Waals surface area (Å²) in [6, 6.07) is 9.64. The quantitative estimate of drug-likeness (QED) is 0.148. The van der Waals surface area contributed by atoms with Crippen LogP contribution in [0.5, 0.6) is 0 Å². The van der Waals surface area contributed by atoms with Gasteiger partial charge in [0.2, 0.25) is 5.95 Å². The molecule has 0 saturated carbocycles. The molecule has 202 valence electrons. The lowest BCUT2D eigenvalue weighted by molar-refractivity contribution is -0.137. The summed E-state index contributed by atoms with van der Waals surface area (Å²) >= 11 is 0. The van der Waals surface area contributed by atoms with Crippen molar-refractivity contribution in [2.75, 3.05) is 23.7 Å². The lowest BCUT2D eigenvalue weighted by Crippen LogP contribution is -2.20. The van der Waals surface area contributed by atoms with E-state index in [1.165, 1.54) is 0 Å². The molecule has 1 heterocycles. The third-order valence-electron chi connectivity index (χ3n) is 5.30. The predicted octanol–water partition coefficient (Wildman–Crippen LogP) is 6.34. The molecule has 0 aliphatic heterocycles. The molecule has 3 N–H and O–H groups in total. The number of benzene rings is 2. The van der Waals surface area contributed by atoms with Crippen LogP contribution in [-0.2, 0) is 17.2 Å². The predicted molar refractivity (Wildman–Crippen MR) is 142 cm³/mol. The van der Waals surface area contributed by atoms with Crippen LogP contribution >= 0.6 is 0 Å². The number of hydrogen-bond acceptors (Lipinski definition) is 5. The van der Waals surface area contributed by atoms with Crippen molar-refractivity contribution in [3.63, 3.8) is 0 Å². The highest BCUT2D eigenvalue weighted by Crippen LogP contribution is 2.31. The van der Waals surface area contributed by atoms with Crippen molar-refractivity contribution < 1.29 is 21.8 Å². The molecule has 0 fully saturated rings. The van der Waals surface area contributed by atoms with E-state index < -0.39 is 33.4 Å². The van der Waals surface area contributed by atoms with E-state index >= 15 is 0 Å². The molecule has 0 bridgehead atoms. The number of aryl methyl sites for hydroxylation is 1. The average Bonchev–Trinajstić information content (AvgIpc) is 2.87. The Hall–Kier alpha value is -3.49. The molecule has 3 aromatic rings. The van der Waals surface area contributed by atoms with Crippen LogP contribution in [0.1, 0.15) is 49.3 Å². The number of nitrogens with one attached hydrogen (secondary N) is 3. The first-order valence-electron chi connectivity index (χ1n) is 12.1. The maximum atomic E-state index is 13.9. The maximum Gasteiger partial charge on any atom is 0.416 e. The van der Waals surface area contributed by atoms with E-state index in [1.807, 2.05) is 31.2 Å². The van der Waals surface area contributed by atoms with Gasteiger partial charge in [-0.15, -0.1) is 0 Å². The second-order valence-electron chi connectivity index (χ2n) is 8.44. The molecule has 0 aliphatic carbocycles. The van der Waals surface area contributed by atoms with E-state index in [-0.39, 0.29) is 13.0 Å². The van der Waals surface area contributed by atoms with Gasteiger partial charge in [-0.2, -0.15) is 18.2 Å². The van der Waals surface area contributed by atoms with Gasteiger partial charge in [-0.05, 0) is 49.2 Å². The average molecular weight is 548 g/mol. The molecule has 11 heteroatoms. The highest BCUT2D eigenvalue weighted by molar-refractivity contribution is 7.83. The molecule has 0 radical (unpaired) electrons. The van der Waals surface area contributed by atoms with Crippen LogP contribution in [0.2, 0.25) is 0 Å². The van der Waals surface area contributed by atoms with Gasteiger partial charge in [0, 0.05) is 25.2 Å². The molecule has 6 nitrogen and oxygen atoms in total. The second-order valence-corrected chi connectivity index (χ2v) is 9.71. The number of unbranched alkanes of at least 4 members (excludes halogenated alkanes) is 2. The highest BCUT2D eigenvalue weighted by atomic mass is 32.2. The maximum absolute atomic E-state index is 13.9. The van der Waals surface area contributed by atoms with Gasteiger partial charge < -0.3 is 10.6 Å². The van der Waals surface area contributed by atoms with Crippen molar-refractivity contribution in [2.45, 2.75) is 50.6 Å². The van der Waals surface area contributed by atoms with Crippen molar-refractivity contribution in [3.05, 3.63) is 71.2 Å². The molecule has 0 saturated heterocycles. The normalized spacial score (nSPS) is 11.9. The Morgan fingerprint density at radius 1 is 1.08 bits per heavy atom. The van der Waals surface area contributed by atoms with E-state index in [1.54, 1.807) is 6.20 Å². The molecule has 1 unspecified atom stereocenters. The summed E-state index contributed by atoms with van der Waals surface area (Å²) in [5, 5.41) is 6.48. The summed E-state index contributed by atoms with van der Waals surface area (Å²) in [5.74, 6) is 5.90. The Kier molecular flexibility index (Phi) is 10.6. The van der Waals surface area contributed by atoms with Crippen molar-refractivity contribution in [1.82, 2.24) is 14.7 Å². The summed E-state index contributed by atoms with van der Waals surface area (Å²) in [6.45, 7) is 4.90. The van der Waals surface area contributed by atoms with Crippen LogP contribution < -0.4 is 15.4 Å². The zero-order chi connectivity index (χ0) is 27.5. The number of aromatic nitrogens is 2. The fourth-order valence-electron chi connectivity index (χ4n) is 3.37. The van der Waals surface area contributed by atoms with Gasteiger partial charge in [-0.3, -0.25) is 0 Å². The number of anilines is 3. The fraction of sp³-hybridized carbons (Fsp3) is 0.333. The minimum atomic E-state index is -4.66. The Bertz CT molecular complexity index is 1320. The first-order chi connectivity index (χ1) is 18.2. The monoisotopic (exact) mass is 547 g/mol. The standard InChI is InChI=1S/C27H29F4N5OS/c1-3-4-6-14-32-25-20(18-33-26(36-25)35-22-11-8-9-19(2)16-22)10-5-7-15-34-38(37)24-17-21(27(29,30)31)12-13-23(24)28/h8-9,11-13,16-18,34H,3-4,6-7,14-15H2,1-2H3,(H2,32,33,35,36). The van der Waals surface area contributed by atoms with Crippen LogP contribution in [0.3, 0.4) is 0 Å². The minimum Gasteiger partial charge on any atom is -0.369 e. The van der Waals surface area contributed by atoms with Gasteiger partial charge in [-0.1, -0.05) is 43.7 Å². The SMILES string of the molecule is CCCCCNc1nc(Nc2cccc(C)c2)ncc1C#CCCNS(=O)c1cc(C(F)(F)F)ccc1F. The van der Waals surface area contributed by atoms with Crippen molar-refractivity contribution >= 4 is 28.4 Å². The topological polar surface area (TPSA) is 78.9 Å². The lowest BCUT2D eigenvalue weighted by atomic mass is 10.2. The molecule has 1 atom stereocenters. The van der Waals surface area contributed by atoms with Gasteiger partial charge in [0.25, 0.3) is 0 Å². The third kappa shape index (κ3) is 8.82. The molecule has 1 aromatic heterocycles. The largest absolute Gasteiger partial charge is 0.416 e. The van der Waals surface area contributed by atoms with Crippen LogP contribution in [0.4, 0.5) is 35.0 Å². The molecule has 0 amide bonds. The second kappa shape index (κ2) is 13.9. The van der Waals surface area contributed by atoms with Crippen molar-refractivity contribution in [1.29, 1.82) is 0 Å². The number of alkyl halides is 3. The lowest BCUT2D eigenvalue weighted by Gasteiger charge is -2.11. The summed E-state index contributed by atoms with van der Waals surface area (Å²) in [7, 11) is -2.16. The third-order valence-corrected chi connectivity index (χ3v) is 6.48. The van der Waals surface area contributed by atoms with Crippen LogP contribution in [0.15, 0.2) is 53.6 Å². The van der Waals surface area contributed by atoms with Crippen LogP contribution in [0, 0.1) is 24.6 Å². The summed E-state index contributed by atoms with van der Waals surface area (Å²) in [5.41, 5.74) is 1.46. The Balaban J connectivity index is 1.65. The molecule has 38 heavy (non-hydrogen) atoms. The first-order valence-corrected chi connectivity index (χ1v) is 13.3. The Labute approximate surface area is 222 Å². The van der Waals surface area contributed by atoms with E-state index in [2.05, 4.69) is 44.1 Å². The van der Waals surface area contributed by atoms with Gasteiger partial charge in [0.1, 0.15) is 22.6 Å². The van der Waals surface area contributed by atoms with Gasteiger partial charge in [-0.25, -0.2) is 18.3 Å². The van der Waals surface area contributed by atoms with Gasteiger partial charge >= 0.3 is 6.18 Å². The molecular weight excluding hydrogens is 518 g/mol. The van der Waals surface area contributed by atoms with Crippen LogP contribution in [0.25, 0.3) is 0 Å². The summed E-state index contributed by atoms with van der Waals surface area (Å²) in [6.07, 6.45) is 0.276. The highest BCUT2D eigenvalue weighted by Gasteiger charge is 2.31. The van der Waals surface area contributed by atoms with Crippen molar-refractivity contribution in [2.24, 2.45) is 0 Å². The first kappa shape index (κ1) is 29.1. The summed E-state index contributed by atoms with van der Waals surface area (Å²) < 4.78 is 67.5. The fourth-order valence-corrected chi connectivity index (χ4v) is 4.29. The van der Waals surface area contributed by atoms with E-state index in [4.69, 9.17) is 0 Å². The number of rotatable bonds is 11. The number of halogens is 4. The number of nitrogens with zero attached hydrogens (tertiary/aromatic N) is 2. The zero-order valence-corrected chi connectivity index (χ0v) is 21.9. The van der Waals surface area contributed by atoms with E-state index in [0.29, 0.717) is 42.1 Å². The summed E-state index contributed by atoms with van der Waals surface area (Å²) in [4.78, 5) is 8.36. The zero-order valence-electron chi connectivity index (χ0n) is 21.1. The smallest absolute Gasteiger partial charge is 0.369 e. The number of hydrogen-bond donors (Lipinski definition) is 3. The van der Waals surface area contributed by atoms with Gasteiger partial charge in [0.05, 0.1) is 22.2 Å². The minimum absolute atomic E-state index is 0.0718. The Morgan fingerprint density at radius 3 is 2.63 bits per heavy atom. The molecule has 0 aliphatic rings. The van der Waals surface area contributed by atoms with Crippen molar-refractivity contribution in [3.8, 4) is 11.8 Å². The molecular formula is C27H29F4N5OS. The Morgan fingerprint density at radius 2 is 1.89 bits per heavy atom. The van der Waals surface area contributed by atoms with E-state index in [9.17, 15) is 21.8 Å². The van der Waals surface area contributed by atoms with Crippen LogP contribution in [-0.4, -0.2) is 27.3 Å².